The molecule has 0 fully saturated rings. The van der Waals surface area contributed by atoms with Gasteiger partial charge in [0, 0.05) is 13.5 Å². The van der Waals surface area contributed by atoms with Gasteiger partial charge in [-0.2, -0.15) is 4.99 Å². The summed E-state index contributed by atoms with van der Waals surface area (Å²) in [7, 11) is 0. The first-order valence-corrected chi connectivity index (χ1v) is 5.62. The molecule has 0 aromatic carbocycles. The van der Waals surface area contributed by atoms with Crippen molar-refractivity contribution in [3.63, 3.8) is 0 Å². The summed E-state index contributed by atoms with van der Waals surface area (Å²) in [6.45, 7) is 3.51. The average Bonchev–Trinajstić information content (AvgIpc) is 2.76. The topological polar surface area (TPSA) is 114 Å². The summed E-state index contributed by atoms with van der Waals surface area (Å²) in [6, 6.07) is 0. The summed E-state index contributed by atoms with van der Waals surface area (Å²) in [5.74, 6) is -2.76. The molecule has 1 unspecified atom stereocenters. The van der Waals surface area contributed by atoms with Gasteiger partial charge in [0.05, 0.1) is 0 Å². The number of esters is 1. The largest absolute Gasteiger partial charge is 0.404 e. The highest BCUT2D eigenvalue weighted by Gasteiger charge is 2.43. The molecule has 0 spiro atoms. The number of fused-ring (bicyclic) bond motifs is 1. The summed E-state index contributed by atoms with van der Waals surface area (Å²) < 4.78 is 10.1. The molecule has 9 nitrogen and oxygen atoms in total. The van der Waals surface area contributed by atoms with Gasteiger partial charge in [0.15, 0.2) is 11.5 Å². The number of carbonyl (C=O) groups is 2. The number of amidine groups is 1. The fourth-order valence-electron chi connectivity index (χ4n) is 1.52. The van der Waals surface area contributed by atoms with Crippen molar-refractivity contribution < 1.29 is 19.1 Å². The third-order valence-electron chi connectivity index (χ3n) is 2.25. The maximum absolute atomic E-state index is 11.8. The molecule has 2 aliphatic heterocycles. The summed E-state index contributed by atoms with van der Waals surface area (Å²) in [6.07, 6.45) is 1.21. The minimum Gasteiger partial charge on any atom is -0.404 e. The number of hydrogen-bond acceptors (Lipinski definition) is 8. The van der Waals surface area contributed by atoms with Crippen molar-refractivity contribution >= 4 is 29.8 Å². The number of ether oxygens (including phenoxy) is 2. The number of aliphatic imine (C=N–C) groups is 3. The van der Waals surface area contributed by atoms with Crippen molar-refractivity contribution in [1.82, 2.24) is 10.6 Å². The number of carbonyl (C=O) groups excluding carboxylic acids is 2. The van der Waals surface area contributed by atoms with Crippen LogP contribution in [0.3, 0.4) is 0 Å². The van der Waals surface area contributed by atoms with E-state index in [-0.39, 0.29) is 18.3 Å². The zero-order valence-electron chi connectivity index (χ0n) is 10.5. The molecule has 2 rings (SSSR count). The van der Waals surface area contributed by atoms with E-state index in [2.05, 4.69) is 25.6 Å². The number of nitrogens with zero attached hydrogens (tertiary/aromatic N) is 3. The van der Waals surface area contributed by atoms with Gasteiger partial charge in [0.2, 0.25) is 0 Å². The van der Waals surface area contributed by atoms with Crippen LogP contribution in [0.15, 0.2) is 15.0 Å². The van der Waals surface area contributed by atoms with E-state index in [1.807, 2.05) is 0 Å². The Morgan fingerprint density at radius 2 is 2.37 bits per heavy atom. The Labute approximate surface area is 108 Å². The van der Waals surface area contributed by atoms with E-state index < -0.39 is 17.8 Å². The third kappa shape index (κ3) is 2.83. The van der Waals surface area contributed by atoms with Gasteiger partial charge in [-0.25, -0.2) is 15.3 Å². The fraction of sp³-hybridized carbons (Fsp3) is 0.500. The molecule has 0 aromatic heterocycles. The predicted octanol–water partition coefficient (Wildman–Crippen LogP) is -1.24. The highest BCUT2D eigenvalue weighted by atomic mass is 16.6. The molecule has 0 radical (unpaired) electrons. The van der Waals surface area contributed by atoms with Gasteiger partial charge in [0.1, 0.15) is 13.1 Å². The Kier molecular flexibility index (Phi) is 3.67. The van der Waals surface area contributed by atoms with Crippen LogP contribution in [-0.4, -0.2) is 49.1 Å². The van der Waals surface area contributed by atoms with Gasteiger partial charge in [-0.15, -0.1) is 0 Å². The molecule has 0 bridgehead atoms. The highest BCUT2D eigenvalue weighted by molar-refractivity contribution is 6.69. The summed E-state index contributed by atoms with van der Waals surface area (Å²) in [5, 5.41) is 5.12. The first kappa shape index (κ1) is 13.3. The van der Waals surface area contributed by atoms with Crippen molar-refractivity contribution in [2.24, 2.45) is 15.0 Å². The molecule has 1 amide bonds. The van der Waals surface area contributed by atoms with Crippen LogP contribution in [0.4, 0.5) is 0 Å². The minimum absolute atomic E-state index is 0.0387. The van der Waals surface area contributed by atoms with Crippen molar-refractivity contribution in [2.75, 3.05) is 13.3 Å². The summed E-state index contributed by atoms with van der Waals surface area (Å²) in [5.41, 5.74) is 0.0842. The summed E-state index contributed by atoms with van der Waals surface area (Å²) >= 11 is 0. The lowest BCUT2D eigenvalue weighted by Crippen LogP contribution is -2.65. The van der Waals surface area contributed by atoms with E-state index in [9.17, 15) is 9.59 Å². The van der Waals surface area contributed by atoms with Gasteiger partial charge < -0.3 is 9.47 Å². The van der Waals surface area contributed by atoms with Crippen LogP contribution >= 0.6 is 0 Å². The lowest BCUT2D eigenvalue weighted by atomic mass is 10.3. The fourth-order valence-corrected chi connectivity index (χ4v) is 1.52. The number of hydrogen-bond donors (Lipinski definition) is 2. The van der Waals surface area contributed by atoms with Crippen molar-refractivity contribution in [2.45, 2.75) is 19.8 Å². The maximum Gasteiger partial charge on any atom is 0.352 e. The van der Waals surface area contributed by atoms with Gasteiger partial charge in [-0.3, -0.25) is 14.9 Å². The molecule has 0 aliphatic carbocycles. The number of rotatable bonds is 5. The van der Waals surface area contributed by atoms with E-state index in [1.54, 1.807) is 6.92 Å². The first-order chi connectivity index (χ1) is 9.06. The quantitative estimate of drug-likeness (QED) is 0.367. The minimum atomic E-state index is -1.71. The SMILES string of the molecule is CCOCNC1(OC(C)=O)N=C2N=CN=C2C(=O)N1. The highest BCUT2D eigenvalue weighted by Crippen LogP contribution is 2.14. The first-order valence-electron chi connectivity index (χ1n) is 5.62. The number of amides is 1. The van der Waals surface area contributed by atoms with Crippen molar-refractivity contribution in [1.29, 1.82) is 0 Å². The molecule has 0 saturated heterocycles. The van der Waals surface area contributed by atoms with E-state index in [0.717, 1.165) is 0 Å². The van der Waals surface area contributed by atoms with Gasteiger partial charge in [-0.05, 0) is 6.92 Å². The Balaban J connectivity index is 2.25. The van der Waals surface area contributed by atoms with Crippen LogP contribution in [0.1, 0.15) is 13.8 Å². The van der Waals surface area contributed by atoms with Crippen LogP contribution in [-0.2, 0) is 19.1 Å². The second kappa shape index (κ2) is 5.24. The van der Waals surface area contributed by atoms with Crippen molar-refractivity contribution in [3.8, 4) is 0 Å². The standard InChI is InChI=1S/C10H13N5O4/c1-3-18-5-13-10(19-6(2)16)14-8-7(9(17)15-10)11-4-12-8/h4,13H,3,5H2,1-2H3,(H,15,17). The normalized spacial score (nSPS) is 24.4. The van der Waals surface area contributed by atoms with Crippen LogP contribution in [0.5, 0.6) is 0 Å². The molecule has 2 N–H and O–H groups in total. The van der Waals surface area contributed by atoms with Crippen molar-refractivity contribution in [3.05, 3.63) is 0 Å². The summed E-state index contributed by atoms with van der Waals surface area (Å²) in [4.78, 5) is 34.6. The molecular formula is C10H13N5O4. The van der Waals surface area contributed by atoms with E-state index in [0.29, 0.717) is 6.61 Å². The molecule has 0 aromatic rings. The molecule has 102 valence electrons. The zero-order chi connectivity index (χ0) is 13.9. The molecular weight excluding hydrogens is 254 g/mol. The van der Waals surface area contributed by atoms with E-state index in [4.69, 9.17) is 9.47 Å². The molecule has 2 heterocycles. The lowest BCUT2D eigenvalue weighted by molar-refractivity contribution is -0.169. The number of nitrogens with one attached hydrogen (secondary N) is 2. The zero-order valence-corrected chi connectivity index (χ0v) is 10.5. The molecule has 9 heteroatoms. The Hall–Kier alpha value is -2.13. The Morgan fingerprint density at radius 3 is 3.05 bits per heavy atom. The molecule has 0 saturated carbocycles. The predicted molar refractivity (Wildman–Crippen MR) is 65.6 cm³/mol. The third-order valence-corrected chi connectivity index (χ3v) is 2.25. The van der Waals surface area contributed by atoms with E-state index in [1.165, 1.54) is 13.3 Å². The van der Waals surface area contributed by atoms with Crippen LogP contribution < -0.4 is 10.6 Å². The molecule has 2 aliphatic rings. The van der Waals surface area contributed by atoms with Gasteiger partial charge in [0.25, 0.3) is 5.91 Å². The Morgan fingerprint density at radius 1 is 1.58 bits per heavy atom. The van der Waals surface area contributed by atoms with Crippen LogP contribution in [0.25, 0.3) is 0 Å². The van der Waals surface area contributed by atoms with Crippen LogP contribution in [0.2, 0.25) is 0 Å². The second-order valence-electron chi connectivity index (χ2n) is 3.66. The monoisotopic (exact) mass is 267 g/mol. The lowest BCUT2D eigenvalue weighted by Gasteiger charge is -2.32. The molecule has 19 heavy (non-hydrogen) atoms. The van der Waals surface area contributed by atoms with Crippen LogP contribution in [0, 0.1) is 0 Å². The smallest absolute Gasteiger partial charge is 0.352 e. The maximum atomic E-state index is 11.8. The molecule has 1 atom stereocenters. The second-order valence-corrected chi connectivity index (χ2v) is 3.66. The van der Waals surface area contributed by atoms with E-state index >= 15 is 0 Å². The van der Waals surface area contributed by atoms with Gasteiger partial charge >= 0.3 is 11.9 Å². The van der Waals surface area contributed by atoms with Gasteiger partial charge in [-0.1, -0.05) is 0 Å². The Bertz CT molecular complexity index is 498. The average molecular weight is 267 g/mol.